The highest BCUT2D eigenvalue weighted by atomic mass is 16.2. The summed E-state index contributed by atoms with van der Waals surface area (Å²) in [6.45, 7) is 6.06. The molecule has 19 heavy (non-hydrogen) atoms. The topological polar surface area (TPSA) is 32.3 Å². The van der Waals surface area contributed by atoms with E-state index in [2.05, 4.69) is 24.0 Å². The van der Waals surface area contributed by atoms with Gasteiger partial charge in [0, 0.05) is 25.6 Å². The van der Waals surface area contributed by atoms with Gasteiger partial charge in [-0.05, 0) is 24.9 Å². The minimum atomic E-state index is 0.211. The highest BCUT2D eigenvalue weighted by Gasteiger charge is 2.21. The maximum atomic E-state index is 12.3. The second-order valence-electron chi connectivity index (χ2n) is 5.05. The fourth-order valence-corrected chi connectivity index (χ4v) is 2.49. The Labute approximate surface area is 115 Å². The van der Waals surface area contributed by atoms with Crippen molar-refractivity contribution in [2.75, 3.05) is 13.1 Å². The van der Waals surface area contributed by atoms with Crippen LogP contribution in [0.5, 0.6) is 0 Å². The fourth-order valence-electron chi connectivity index (χ4n) is 2.49. The molecule has 0 bridgehead atoms. The standard InChI is InChI=1S/C16H22N2O/c1-2-11-18(13-14-7-4-3-5-8-14)16(19)12-15-9-6-10-17-15/h2-5,7-8,15,17H,1,6,9-13H2. The molecule has 0 aromatic heterocycles. The Morgan fingerprint density at radius 3 is 2.84 bits per heavy atom. The molecule has 1 unspecified atom stereocenters. The normalized spacial score (nSPS) is 18.2. The van der Waals surface area contributed by atoms with Crippen molar-refractivity contribution in [1.29, 1.82) is 0 Å². The summed E-state index contributed by atoms with van der Waals surface area (Å²) in [5.41, 5.74) is 1.16. The van der Waals surface area contributed by atoms with Gasteiger partial charge in [-0.15, -0.1) is 6.58 Å². The van der Waals surface area contributed by atoms with Crippen molar-refractivity contribution in [2.45, 2.75) is 31.8 Å². The van der Waals surface area contributed by atoms with Crippen LogP contribution in [0.25, 0.3) is 0 Å². The van der Waals surface area contributed by atoms with Crippen molar-refractivity contribution >= 4 is 5.91 Å². The second-order valence-corrected chi connectivity index (χ2v) is 5.05. The molecule has 1 N–H and O–H groups in total. The summed E-state index contributed by atoms with van der Waals surface area (Å²) in [5.74, 6) is 0.211. The Hall–Kier alpha value is -1.61. The smallest absolute Gasteiger partial charge is 0.224 e. The highest BCUT2D eigenvalue weighted by Crippen LogP contribution is 2.12. The number of nitrogens with zero attached hydrogens (tertiary/aromatic N) is 1. The first kappa shape index (κ1) is 13.8. The summed E-state index contributed by atoms with van der Waals surface area (Å²) in [6.07, 6.45) is 4.68. The molecule has 1 aromatic rings. The predicted octanol–water partition coefficient (Wildman–Crippen LogP) is 2.34. The molecule has 0 saturated carbocycles. The van der Waals surface area contributed by atoms with E-state index in [0.29, 0.717) is 25.6 Å². The highest BCUT2D eigenvalue weighted by molar-refractivity contribution is 5.77. The van der Waals surface area contributed by atoms with Crippen LogP contribution in [-0.4, -0.2) is 29.9 Å². The lowest BCUT2D eigenvalue weighted by Crippen LogP contribution is -2.35. The number of amides is 1. The van der Waals surface area contributed by atoms with Gasteiger partial charge >= 0.3 is 0 Å². The van der Waals surface area contributed by atoms with Crippen LogP contribution in [0.1, 0.15) is 24.8 Å². The van der Waals surface area contributed by atoms with Crippen molar-refractivity contribution < 1.29 is 4.79 Å². The van der Waals surface area contributed by atoms with Gasteiger partial charge in [0.15, 0.2) is 0 Å². The van der Waals surface area contributed by atoms with Crippen LogP contribution in [0.4, 0.5) is 0 Å². The quantitative estimate of drug-likeness (QED) is 0.794. The van der Waals surface area contributed by atoms with Crippen LogP contribution in [-0.2, 0) is 11.3 Å². The molecule has 1 aliphatic rings. The molecule has 0 aliphatic carbocycles. The van der Waals surface area contributed by atoms with Gasteiger partial charge < -0.3 is 10.2 Å². The summed E-state index contributed by atoms with van der Waals surface area (Å²) in [4.78, 5) is 14.2. The molecule has 0 radical (unpaired) electrons. The molecule has 1 heterocycles. The van der Waals surface area contributed by atoms with Crippen LogP contribution >= 0.6 is 0 Å². The Morgan fingerprint density at radius 2 is 2.21 bits per heavy atom. The van der Waals surface area contributed by atoms with Crippen LogP contribution in [0.3, 0.4) is 0 Å². The molecule has 1 atom stereocenters. The first-order valence-corrected chi connectivity index (χ1v) is 6.95. The summed E-state index contributed by atoms with van der Waals surface area (Å²) in [7, 11) is 0. The summed E-state index contributed by atoms with van der Waals surface area (Å²) in [5, 5.41) is 3.38. The molecule has 1 amide bonds. The largest absolute Gasteiger partial charge is 0.335 e. The van der Waals surface area contributed by atoms with Crippen LogP contribution in [0.2, 0.25) is 0 Å². The number of hydrogen-bond acceptors (Lipinski definition) is 2. The molecular weight excluding hydrogens is 236 g/mol. The second kappa shape index (κ2) is 7.10. The molecule has 2 rings (SSSR count). The number of nitrogens with one attached hydrogen (secondary N) is 1. The third-order valence-corrected chi connectivity index (χ3v) is 3.50. The van der Waals surface area contributed by atoms with E-state index in [0.717, 1.165) is 18.5 Å². The van der Waals surface area contributed by atoms with Gasteiger partial charge in [0.25, 0.3) is 0 Å². The molecule has 0 spiro atoms. The van der Waals surface area contributed by atoms with Crippen molar-refractivity contribution in [3.05, 3.63) is 48.6 Å². The molecule has 1 aliphatic heterocycles. The van der Waals surface area contributed by atoms with Crippen LogP contribution < -0.4 is 5.32 Å². The van der Waals surface area contributed by atoms with E-state index in [4.69, 9.17) is 0 Å². The van der Waals surface area contributed by atoms with Gasteiger partial charge in [0.1, 0.15) is 0 Å². The number of rotatable bonds is 6. The van der Waals surface area contributed by atoms with E-state index in [-0.39, 0.29) is 5.91 Å². The van der Waals surface area contributed by atoms with Gasteiger partial charge in [-0.25, -0.2) is 0 Å². The zero-order valence-electron chi connectivity index (χ0n) is 11.3. The first-order valence-electron chi connectivity index (χ1n) is 6.95. The average molecular weight is 258 g/mol. The van der Waals surface area contributed by atoms with Gasteiger partial charge in [0.2, 0.25) is 5.91 Å². The number of benzene rings is 1. The van der Waals surface area contributed by atoms with E-state index in [1.807, 2.05) is 23.1 Å². The average Bonchev–Trinajstić information content (AvgIpc) is 2.92. The van der Waals surface area contributed by atoms with Gasteiger partial charge in [-0.3, -0.25) is 4.79 Å². The third kappa shape index (κ3) is 4.21. The zero-order valence-corrected chi connectivity index (χ0v) is 11.3. The van der Waals surface area contributed by atoms with Crippen molar-refractivity contribution in [2.24, 2.45) is 0 Å². The summed E-state index contributed by atoms with van der Waals surface area (Å²) in [6, 6.07) is 10.5. The van der Waals surface area contributed by atoms with Crippen molar-refractivity contribution in [3.8, 4) is 0 Å². The van der Waals surface area contributed by atoms with E-state index in [9.17, 15) is 4.79 Å². The minimum absolute atomic E-state index is 0.211. The molecule has 102 valence electrons. The van der Waals surface area contributed by atoms with Gasteiger partial charge in [-0.2, -0.15) is 0 Å². The van der Waals surface area contributed by atoms with E-state index < -0.39 is 0 Å². The Kier molecular flexibility index (Phi) is 5.16. The molecule has 1 aromatic carbocycles. The monoisotopic (exact) mass is 258 g/mol. The molecule has 3 nitrogen and oxygen atoms in total. The number of carbonyl (C=O) groups is 1. The minimum Gasteiger partial charge on any atom is -0.335 e. The number of carbonyl (C=O) groups excluding carboxylic acids is 1. The lowest BCUT2D eigenvalue weighted by Gasteiger charge is -2.23. The van der Waals surface area contributed by atoms with Gasteiger partial charge in [-0.1, -0.05) is 36.4 Å². The van der Waals surface area contributed by atoms with E-state index >= 15 is 0 Å². The third-order valence-electron chi connectivity index (χ3n) is 3.50. The molecule has 3 heteroatoms. The maximum Gasteiger partial charge on any atom is 0.224 e. The lowest BCUT2D eigenvalue weighted by molar-refractivity contribution is -0.131. The Balaban J connectivity index is 1.94. The summed E-state index contributed by atoms with van der Waals surface area (Å²) >= 11 is 0. The van der Waals surface area contributed by atoms with Crippen molar-refractivity contribution in [1.82, 2.24) is 10.2 Å². The Bertz CT molecular complexity index is 410. The first-order chi connectivity index (χ1) is 9.29. The lowest BCUT2D eigenvalue weighted by atomic mass is 10.1. The zero-order chi connectivity index (χ0) is 13.5. The van der Waals surface area contributed by atoms with E-state index in [1.165, 1.54) is 6.42 Å². The summed E-state index contributed by atoms with van der Waals surface area (Å²) < 4.78 is 0. The van der Waals surface area contributed by atoms with Gasteiger partial charge in [0.05, 0.1) is 0 Å². The molecule has 1 fully saturated rings. The van der Waals surface area contributed by atoms with Crippen LogP contribution in [0.15, 0.2) is 43.0 Å². The van der Waals surface area contributed by atoms with Crippen molar-refractivity contribution in [3.63, 3.8) is 0 Å². The van der Waals surface area contributed by atoms with Crippen LogP contribution in [0, 0.1) is 0 Å². The Morgan fingerprint density at radius 1 is 1.42 bits per heavy atom. The maximum absolute atomic E-state index is 12.3. The van der Waals surface area contributed by atoms with E-state index in [1.54, 1.807) is 6.08 Å². The number of hydrogen-bond donors (Lipinski definition) is 1. The molecule has 1 saturated heterocycles. The SMILES string of the molecule is C=CCN(Cc1ccccc1)C(=O)CC1CCCN1. The predicted molar refractivity (Wildman–Crippen MR) is 77.7 cm³/mol. The molecular formula is C16H22N2O. The fraction of sp³-hybridized carbons (Fsp3) is 0.438.